The molecule has 0 saturated carbocycles. The summed E-state index contributed by atoms with van der Waals surface area (Å²) in [5, 5.41) is 37.9. The Hall–Kier alpha value is -4.82. The van der Waals surface area contributed by atoms with E-state index >= 15 is 0 Å². The van der Waals surface area contributed by atoms with E-state index in [1.807, 2.05) is 27.7 Å². The number of carboxylic acids is 2. The van der Waals surface area contributed by atoms with Crippen LogP contribution in [0.2, 0.25) is 0 Å². The predicted molar refractivity (Wildman–Crippen MR) is 172 cm³/mol. The number of hydrogen-bond donors (Lipinski definition) is 2. The van der Waals surface area contributed by atoms with Crippen LogP contribution < -0.4 is 9.47 Å². The standard InChI is InChI=1S/2C16H16N2O3S.H2O/c2*1-9(2)8-21-13-5-4-11(6-12(13)7-17)15-18-10(3)14(22-15)16(19)20;/h2*4-6,9H,8H2,1-3H3,(H,19,20);1H2. The zero-order chi connectivity index (χ0) is 32.6. The van der Waals surface area contributed by atoms with E-state index < -0.39 is 11.9 Å². The van der Waals surface area contributed by atoms with Gasteiger partial charge in [0.1, 0.15) is 43.4 Å². The highest BCUT2D eigenvalue weighted by molar-refractivity contribution is 7.17. The zero-order valence-electron chi connectivity index (χ0n) is 25.7. The maximum atomic E-state index is 11.1. The summed E-state index contributed by atoms with van der Waals surface area (Å²) in [5.74, 6) is -0.174. The molecule has 0 radical (unpaired) electrons. The summed E-state index contributed by atoms with van der Waals surface area (Å²) < 4.78 is 11.2. The molecule has 0 spiro atoms. The average molecular weight is 651 g/mol. The van der Waals surface area contributed by atoms with Gasteiger partial charge in [0.25, 0.3) is 0 Å². The smallest absolute Gasteiger partial charge is 0.347 e. The highest BCUT2D eigenvalue weighted by atomic mass is 32.1. The summed E-state index contributed by atoms with van der Waals surface area (Å²) in [6, 6.07) is 14.6. The molecule has 2 aromatic heterocycles. The molecule has 2 aromatic carbocycles. The van der Waals surface area contributed by atoms with Gasteiger partial charge >= 0.3 is 11.9 Å². The molecule has 0 amide bonds. The van der Waals surface area contributed by atoms with Crippen LogP contribution in [0.4, 0.5) is 0 Å². The Balaban J connectivity index is 0.000000307. The minimum atomic E-state index is -0.987. The Bertz CT molecular complexity index is 1620. The molecule has 236 valence electrons. The highest BCUT2D eigenvalue weighted by Crippen LogP contribution is 2.32. The van der Waals surface area contributed by atoms with Gasteiger partial charge in [-0.15, -0.1) is 22.7 Å². The molecule has 4 rings (SSSR count). The van der Waals surface area contributed by atoms with Crippen molar-refractivity contribution in [2.24, 2.45) is 11.8 Å². The summed E-state index contributed by atoms with van der Waals surface area (Å²) >= 11 is 2.21. The third-order valence-corrected chi connectivity index (χ3v) is 8.21. The van der Waals surface area contributed by atoms with Gasteiger partial charge in [0.05, 0.1) is 35.7 Å². The van der Waals surface area contributed by atoms with E-state index in [2.05, 4.69) is 22.1 Å². The molecule has 45 heavy (non-hydrogen) atoms. The van der Waals surface area contributed by atoms with Crippen molar-refractivity contribution in [3.05, 3.63) is 68.7 Å². The molecule has 0 aliphatic heterocycles. The molecule has 0 saturated heterocycles. The molecule has 0 fully saturated rings. The van der Waals surface area contributed by atoms with Gasteiger partial charge in [-0.1, -0.05) is 27.7 Å². The molecule has 0 atom stereocenters. The highest BCUT2D eigenvalue weighted by Gasteiger charge is 2.18. The van der Waals surface area contributed by atoms with E-state index in [-0.39, 0.29) is 15.2 Å². The van der Waals surface area contributed by atoms with Gasteiger partial charge in [-0.25, -0.2) is 19.6 Å². The van der Waals surface area contributed by atoms with Crippen molar-refractivity contribution in [1.29, 1.82) is 10.5 Å². The Kier molecular flexibility index (Phi) is 13.2. The second kappa shape index (κ2) is 16.3. The number of aromatic nitrogens is 2. The van der Waals surface area contributed by atoms with E-state index in [1.54, 1.807) is 50.2 Å². The molecule has 11 nitrogen and oxygen atoms in total. The SMILES string of the molecule is Cc1nc(-c2ccc(OCC(C)C)c(C#N)c2)sc1C(=O)O.Cc1nc(-c2ccc(OCC(C)C)c(C#N)c2)sc1C(=O)O.O. The molecule has 4 N–H and O–H groups in total. The number of nitriles is 2. The van der Waals surface area contributed by atoms with Crippen LogP contribution in [0.1, 0.15) is 69.6 Å². The molecule has 0 bridgehead atoms. The van der Waals surface area contributed by atoms with Gasteiger partial charge in [0.2, 0.25) is 0 Å². The van der Waals surface area contributed by atoms with E-state index in [4.69, 9.17) is 19.7 Å². The lowest BCUT2D eigenvalue weighted by Gasteiger charge is -2.10. The maximum Gasteiger partial charge on any atom is 0.347 e. The van der Waals surface area contributed by atoms with Crippen LogP contribution in [-0.4, -0.2) is 50.8 Å². The summed E-state index contributed by atoms with van der Waals surface area (Å²) in [4.78, 5) is 31.2. The van der Waals surface area contributed by atoms with Gasteiger partial charge in [0, 0.05) is 11.1 Å². The number of nitrogens with zero attached hydrogens (tertiary/aromatic N) is 4. The van der Waals surface area contributed by atoms with E-state index in [9.17, 15) is 20.1 Å². The summed E-state index contributed by atoms with van der Waals surface area (Å²) in [6.45, 7) is 12.5. The van der Waals surface area contributed by atoms with E-state index in [0.717, 1.165) is 22.7 Å². The van der Waals surface area contributed by atoms with E-state index in [0.29, 0.717) is 80.2 Å². The Morgan fingerprint density at radius 2 is 1.11 bits per heavy atom. The van der Waals surface area contributed by atoms with Gasteiger partial charge < -0.3 is 25.2 Å². The summed E-state index contributed by atoms with van der Waals surface area (Å²) in [7, 11) is 0. The lowest BCUT2D eigenvalue weighted by molar-refractivity contribution is 0.0690. The van der Waals surface area contributed by atoms with Crippen LogP contribution in [0, 0.1) is 48.3 Å². The largest absolute Gasteiger partial charge is 0.492 e. The lowest BCUT2D eigenvalue weighted by Crippen LogP contribution is -2.05. The monoisotopic (exact) mass is 650 g/mol. The lowest BCUT2D eigenvalue weighted by atomic mass is 10.1. The van der Waals surface area contributed by atoms with Crippen LogP contribution in [0.25, 0.3) is 21.1 Å². The fraction of sp³-hybridized carbons (Fsp3) is 0.312. The maximum absolute atomic E-state index is 11.1. The molecule has 4 aromatic rings. The van der Waals surface area contributed by atoms with Crippen LogP contribution >= 0.6 is 22.7 Å². The number of carboxylic acid groups (broad SMARTS) is 2. The third-order valence-electron chi connectivity index (χ3n) is 5.82. The molecular weight excluding hydrogens is 617 g/mol. The fourth-order valence-electron chi connectivity index (χ4n) is 3.70. The van der Waals surface area contributed by atoms with Crippen LogP contribution in [0.15, 0.2) is 36.4 Å². The van der Waals surface area contributed by atoms with Crippen molar-refractivity contribution >= 4 is 34.6 Å². The first-order valence-electron chi connectivity index (χ1n) is 13.6. The zero-order valence-corrected chi connectivity index (χ0v) is 27.3. The number of ether oxygens (including phenoxy) is 2. The number of carbonyl (C=O) groups is 2. The van der Waals surface area contributed by atoms with Crippen molar-refractivity contribution in [3.63, 3.8) is 0 Å². The second-order valence-electron chi connectivity index (χ2n) is 10.5. The molecule has 2 heterocycles. The quantitative estimate of drug-likeness (QED) is 0.188. The van der Waals surface area contributed by atoms with Crippen LogP contribution in [-0.2, 0) is 0 Å². The van der Waals surface area contributed by atoms with Crippen molar-refractivity contribution < 1.29 is 34.8 Å². The van der Waals surface area contributed by atoms with Crippen molar-refractivity contribution in [2.75, 3.05) is 13.2 Å². The molecule has 0 aliphatic carbocycles. The Labute approximate surface area is 269 Å². The second-order valence-corrected chi connectivity index (χ2v) is 12.5. The fourth-order valence-corrected chi connectivity index (χ4v) is 5.50. The Morgan fingerprint density at radius 3 is 1.38 bits per heavy atom. The topological polar surface area (TPSA) is 198 Å². The Morgan fingerprint density at radius 1 is 0.756 bits per heavy atom. The minimum Gasteiger partial charge on any atom is -0.492 e. The molecular formula is C32H34N4O7S2. The van der Waals surface area contributed by atoms with Gasteiger partial charge in [-0.3, -0.25) is 0 Å². The van der Waals surface area contributed by atoms with Gasteiger partial charge in [0.15, 0.2) is 0 Å². The molecule has 13 heteroatoms. The number of aryl methyl sites for hydroxylation is 2. The molecule has 0 unspecified atom stereocenters. The first-order valence-corrected chi connectivity index (χ1v) is 15.2. The number of hydrogen-bond acceptors (Lipinski definition) is 10. The van der Waals surface area contributed by atoms with Gasteiger partial charge in [-0.05, 0) is 62.1 Å². The van der Waals surface area contributed by atoms with Crippen molar-refractivity contribution in [2.45, 2.75) is 41.5 Å². The number of thiazole rings is 2. The number of aromatic carboxylic acids is 2. The van der Waals surface area contributed by atoms with E-state index in [1.165, 1.54) is 0 Å². The van der Waals surface area contributed by atoms with Crippen LogP contribution in [0.3, 0.4) is 0 Å². The number of rotatable bonds is 10. The molecule has 0 aliphatic rings. The van der Waals surface area contributed by atoms with Crippen LogP contribution in [0.5, 0.6) is 11.5 Å². The summed E-state index contributed by atoms with van der Waals surface area (Å²) in [5.41, 5.74) is 3.23. The van der Waals surface area contributed by atoms with Crippen molar-refractivity contribution in [3.8, 4) is 44.8 Å². The first-order chi connectivity index (χ1) is 20.8. The minimum absolute atomic E-state index is 0. The third kappa shape index (κ3) is 9.58. The first kappa shape index (κ1) is 36.4. The van der Waals surface area contributed by atoms with Crippen molar-refractivity contribution in [1.82, 2.24) is 9.97 Å². The number of benzene rings is 2. The van der Waals surface area contributed by atoms with Gasteiger partial charge in [-0.2, -0.15) is 10.5 Å². The average Bonchev–Trinajstić information content (AvgIpc) is 3.57. The summed E-state index contributed by atoms with van der Waals surface area (Å²) in [6.07, 6.45) is 0. The normalized spacial score (nSPS) is 10.3. The predicted octanol–water partition coefficient (Wildman–Crippen LogP) is 6.62.